The molecule has 1 unspecified atom stereocenters. The van der Waals surface area contributed by atoms with Gasteiger partial charge in [-0.05, 0) is 25.7 Å². The minimum absolute atomic E-state index is 0.0661. The predicted octanol–water partition coefficient (Wildman–Crippen LogP) is 2.42. The Hall–Kier alpha value is -1.09. The van der Waals surface area contributed by atoms with Crippen molar-refractivity contribution in [3.05, 3.63) is 24.3 Å². The summed E-state index contributed by atoms with van der Waals surface area (Å²) in [6.45, 7) is 6.72. The van der Waals surface area contributed by atoms with Gasteiger partial charge in [-0.15, -0.1) is 0 Å². The molecule has 0 radical (unpaired) electrons. The van der Waals surface area contributed by atoms with E-state index in [0.29, 0.717) is 18.9 Å². The van der Waals surface area contributed by atoms with Gasteiger partial charge in [-0.3, -0.25) is 4.79 Å². The zero-order chi connectivity index (χ0) is 13.1. The predicted molar refractivity (Wildman–Crippen MR) is 71.7 cm³/mol. The van der Waals surface area contributed by atoms with Gasteiger partial charge in [-0.2, -0.15) is 0 Å². The third-order valence-electron chi connectivity index (χ3n) is 2.23. The van der Waals surface area contributed by atoms with E-state index >= 15 is 0 Å². The van der Waals surface area contributed by atoms with E-state index in [1.165, 1.54) is 0 Å². The summed E-state index contributed by atoms with van der Waals surface area (Å²) in [4.78, 5) is 11.4. The molecule has 1 amide bonds. The lowest BCUT2D eigenvalue weighted by Crippen LogP contribution is -2.30. The van der Waals surface area contributed by atoms with Crippen LogP contribution in [-0.2, 0) is 4.79 Å². The van der Waals surface area contributed by atoms with E-state index in [4.69, 9.17) is 0 Å². The first-order valence-corrected chi connectivity index (χ1v) is 6.28. The first kappa shape index (κ1) is 15.9. The van der Waals surface area contributed by atoms with Gasteiger partial charge in [-0.1, -0.05) is 38.2 Å². The Kier molecular flexibility index (Phi) is 9.44. The third-order valence-corrected chi connectivity index (χ3v) is 2.23. The fourth-order valence-electron chi connectivity index (χ4n) is 1.28. The number of amides is 1. The van der Waals surface area contributed by atoms with Gasteiger partial charge in [0.25, 0.3) is 0 Å². The molecule has 0 aromatic rings. The summed E-state index contributed by atoms with van der Waals surface area (Å²) in [5.41, 5.74) is 0. The van der Waals surface area contributed by atoms with E-state index in [1.54, 1.807) is 0 Å². The Balaban J connectivity index is 3.63. The van der Waals surface area contributed by atoms with Crippen LogP contribution in [0.5, 0.6) is 0 Å². The smallest absolute Gasteiger partial charge is 0.222 e. The average molecular weight is 239 g/mol. The number of nitrogens with one attached hydrogen (secondary N) is 1. The SMILES string of the molecule is CC=CC=CCCC(O)CC(=O)NCC(C)C. The normalized spacial score (nSPS) is 13.7. The molecule has 0 saturated heterocycles. The van der Waals surface area contributed by atoms with E-state index in [-0.39, 0.29) is 12.3 Å². The van der Waals surface area contributed by atoms with E-state index in [9.17, 15) is 9.90 Å². The highest BCUT2D eigenvalue weighted by Crippen LogP contribution is 2.03. The molecular weight excluding hydrogens is 214 g/mol. The second-order valence-electron chi connectivity index (χ2n) is 4.59. The second-order valence-corrected chi connectivity index (χ2v) is 4.59. The molecule has 98 valence electrons. The molecule has 0 aliphatic carbocycles. The van der Waals surface area contributed by atoms with E-state index in [2.05, 4.69) is 5.32 Å². The maximum Gasteiger partial charge on any atom is 0.222 e. The molecule has 0 saturated carbocycles. The fourth-order valence-corrected chi connectivity index (χ4v) is 1.28. The maximum atomic E-state index is 11.4. The molecule has 0 aliphatic rings. The number of hydrogen-bond donors (Lipinski definition) is 2. The number of carbonyl (C=O) groups excluding carboxylic acids is 1. The number of carbonyl (C=O) groups is 1. The molecule has 0 aromatic carbocycles. The molecule has 0 fully saturated rings. The summed E-state index contributed by atoms with van der Waals surface area (Å²) in [5, 5.41) is 12.4. The van der Waals surface area contributed by atoms with Crippen molar-refractivity contribution in [3.8, 4) is 0 Å². The van der Waals surface area contributed by atoms with Crippen molar-refractivity contribution in [1.29, 1.82) is 0 Å². The Morgan fingerprint density at radius 2 is 2.06 bits per heavy atom. The van der Waals surface area contributed by atoms with Crippen LogP contribution in [0, 0.1) is 5.92 Å². The van der Waals surface area contributed by atoms with Crippen molar-refractivity contribution in [2.45, 2.75) is 46.1 Å². The van der Waals surface area contributed by atoms with Crippen molar-refractivity contribution in [1.82, 2.24) is 5.32 Å². The Bertz CT molecular complexity index is 257. The van der Waals surface area contributed by atoms with Crippen molar-refractivity contribution < 1.29 is 9.90 Å². The Morgan fingerprint density at radius 1 is 1.35 bits per heavy atom. The van der Waals surface area contributed by atoms with Crippen LogP contribution in [0.2, 0.25) is 0 Å². The first-order chi connectivity index (χ1) is 8.06. The highest BCUT2D eigenvalue weighted by Gasteiger charge is 2.09. The Morgan fingerprint density at radius 3 is 2.65 bits per heavy atom. The van der Waals surface area contributed by atoms with Crippen LogP contribution in [0.1, 0.15) is 40.0 Å². The van der Waals surface area contributed by atoms with E-state index in [0.717, 1.165) is 6.42 Å². The monoisotopic (exact) mass is 239 g/mol. The molecule has 3 nitrogen and oxygen atoms in total. The zero-order valence-electron chi connectivity index (χ0n) is 11.1. The highest BCUT2D eigenvalue weighted by atomic mass is 16.3. The molecule has 0 rings (SSSR count). The molecule has 2 N–H and O–H groups in total. The summed E-state index contributed by atoms with van der Waals surface area (Å²) in [6.07, 6.45) is 8.92. The molecule has 0 aromatic heterocycles. The van der Waals surface area contributed by atoms with Crippen LogP contribution >= 0.6 is 0 Å². The molecule has 0 aliphatic heterocycles. The van der Waals surface area contributed by atoms with Gasteiger partial charge in [0.1, 0.15) is 0 Å². The first-order valence-electron chi connectivity index (χ1n) is 6.28. The lowest BCUT2D eigenvalue weighted by atomic mass is 10.1. The number of aliphatic hydroxyl groups excluding tert-OH is 1. The minimum atomic E-state index is -0.544. The molecule has 0 bridgehead atoms. The summed E-state index contributed by atoms with van der Waals surface area (Å²) >= 11 is 0. The van der Waals surface area contributed by atoms with Gasteiger partial charge in [0.2, 0.25) is 5.91 Å². The fraction of sp³-hybridized carbons (Fsp3) is 0.643. The maximum absolute atomic E-state index is 11.4. The summed E-state index contributed by atoms with van der Waals surface area (Å²) in [5.74, 6) is 0.378. The number of hydrogen-bond acceptors (Lipinski definition) is 2. The van der Waals surface area contributed by atoms with Gasteiger partial charge in [-0.25, -0.2) is 0 Å². The minimum Gasteiger partial charge on any atom is -0.393 e. The molecular formula is C14H25NO2. The van der Waals surface area contributed by atoms with Gasteiger partial charge in [0, 0.05) is 6.54 Å². The summed E-state index contributed by atoms with van der Waals surface area (Å²) in [7, 11) is 0. The molecule has 3 heteroatoms. The van der Waals surface area contributed by atoms with Crippen molar-refractivity contribution in [2.75, 3.05) is 6.54 Å². The van der Waals surface area contributed by atoms with Gasteiger partial charge in [0.05, 0.1) is 12.5 Å². The van der Waals surface area contributed by atoms with Crippen LogP contribution in [0.3, 0.4) is 0 Å². The van der Waals surface area contributed by atoms with Crippen molar-refractivity contribution in [3.63, 3.8) is 0 Å². The molecule has 17 heavy (non-hydrogen) atoms. The molecule has 0 spiro atoms. The van der Waals surface area contributed by atoms with E-state index in [1.807, 2.05) is 45.1 Å². The standard InChI is InChI=1S/C14H25NO2/c1-4-5-6-7-8-9-13(16)10-14(17)15-11-12(2)3/h4-7,12-13,16H,8-11H2,1-3H3,(H,15,17). The van der Waals surface area contributed by atoms with Crippen LogP contribution in [0.15, 0.2) is 24.3 Å². The van der Waals surface area contributed by atoms with E-state index < -0.39 is 6.10 Å². The lowest BCUT2D eigenvalue weighted by Gasteiger charge is -2.11. The number of allylic oxidation sites excluding steroid dienone is 4. The quantitative estimate of drug-likeness (QED) is 0.639. The lowest BCUT2D eigenvalue weighted by molar-refractivity contribution is -0.123. The Labute approximate surface area is 105 Å². The average Bonchev–Trinajstić information content (AvgIpc) is 2.26. The van der Waals surface area contributed by atoms with Gasteiger partial charge in [0.15, 0.2) is 0 Å². The highest BCUT2D eigenvalue weighted by molar-refractivity contribution is 5.76. The van der Waals surface area contributed by atoms with Crippen LogP contribution in [0.25, 0.3) is 0 Å². The van der Waals surface area contributed by atoms with Crippen LogP contribution in [0.4, 0.5) is 0 Å². The van der Waals surface area contributed by atoms with Crippen molar-refractivity contribution >= 4 is 5.91 Å². The summed E-state index contributed by atoms with van der Waals surface area (Å²) in [6, 6.07) is 0. The van der Waals surface area contributed by atoms with Gasteiger partial charge < -0.3 is 10.4 Å². The topological polar surface area (TPSA) is 49.3 Å². The van der Waals surface area contributed by atoms with Crippen LogP contribution < -0.4 is 5.32 Å². The van der Waals surface area contributed by atoms with Crippen LogP contribution in [-0.4, -0.2) is 23.7 Å². The molecule has 1 atom stereocenters. The second kappa shape index (κ2) is 10.1. The third kappa shape index (κ3) is 11.2. The zero-order valence-corrected chi connectivity index (χ0v) is 11.1. The van der Waals surface area contributed by atoms with Crippen molar-refractivity contribution in [2.24, 2.45) is 5.92 Å². The largest absolute Gasteiger partial charge is 0.393 e. The number of aliphatic hydroxyl groups is 1. The van der Waals surface area contributed by atoms with Gasteiger partial charge >= 0.3 is 0 Å². The number of rotatable bonds is 8. The molecule has 0 heterocycles. The summed E-state index contributed by atoms with van der Waals surface area (Å²) < 4.78 is 0.